The van der Waals surface area contributed by atoms with E-state index in [0.29, 0.717) is 26.1 Å². The van der Waals surface area contributed by atoms with E-state index in [9.17, 15) is 4.79 Å². The molecule has 0 aromatic heterocycles. The van der Waals surface area contributed by atoms with Crippen molar-refractivity contribution in [3.8, 4) is 5.75 Å². The fourth-order valence-corrected chi connectivity index (χ4v) is 1.73. The minimum atomic E-state index is 0.0546. The molecule has 5 nitrogen and oxygen atoms in total. The predicted molar refractivity (Wildman–Crippen MR) is 79.1 cm³/mol. The van der Waals surface area contributed by atoms with Crippen LogP contribution in [0.15, 0.2) is 24.3 Å². The molecule has 0 radical (unpaired) electrons. The Morgan fingerprint density at radius 1 is 1.10 bits per heavy atom. The number of methoxy groups -OCH3 is 2. The van der Waals surface area contributed by atoms with Gasteiger partial charge in [-0.05, 0) is 30.7 Å². The van der Waals surface area contributed by atoms with Crippen molar-refractivity contribution in [1.82, 2.24) is 10.6 Å². The van der Waals surface area contributed by atoms with E-state index < -0.39 is 0 Å². The van der Waals surface area contributed by atoms with Crippen molar-refractivity contribution in [2.75, 3.05) is 40.5 Å². The Kier molecular flexibility index (Phi) is 8.42. The Bertz CT molecular complexity index is 379. The summed E-state index contributed by atoms with van der Waals surface area (Å²) in [6.07, 6.45) is 1.43. The van der Waals surface area contributed by atoms with Gasteiger partial charge in [0.05, 0.1) is 13.7 Å². The molecule has 0 aliphatic heterocycles. The molecule has 112 valence electrons. The van der Waals surface area contributed by atoms with E-state index in [2.05, 4.69) is 22.8 Å². The molecule has 0 unspecified atom stereocenters. The van der Waals surface area contributed by atoms with E-state index >= 15 is 0 Å². The second-order valence-electron chi connectivity index (χ2n) is 4.44. The molecule has 2 N–H and O–H groups in total. The lowest BCUT2D eigenvalue weighted by Gasteiger charge is -2.07. The summed E-state index contributed by atoms with van der Waals surface area (Å²) in [6, 6.07) is 8.02. The molecule has 0 saturated carbocycles. The van der Waals surface area contributed by atoms with Crippen LogP contribution >= 0.6 is 0 Å². The van der Waals surface area contributed by atoms with E-state index in [1.807, 2.05) is 12.1 Å². The van der Waals surface area contributed by atoms with Crippen LogP contribution in [-0.4, -0.2) is 46.4 Å². The highest BCUT2D eigenvalue weighted by atomic mass is 16.5. The fraction of sp³-hybridized carbons (Fsp3) is 0.533. The van der Waals surface area contributed by atoms with Gasteiger partial charge in [-0.1, -0.05) is 12.1 Å². The summed E-state index contributed by atoms with van der Waals surface area (Å²) in [5.41, 5.74) is 1.25. The monoisotopic (exact) mass is 280 g/mol. The van der Waals surface area contributed by atoms with Gasteiger partial charge in [-0.25, -0.2) is 0 Å². The average Bonchev–Trinajstić information content (AvgIpc) is 2.48. The van der Waals surface area contributed by atoms with Gasteiger partial charge in [0.1, 0.15) is 5.75 Å². The number of benzene rings is 1. The molecule has 1 aromatic rings. The van der Waals surface area contributed by atoms with Gasteiger partial charge in [0.15, 0.2) is 0 Å². The van der Waals surface area contributed by atoms with Gasteiger partial charge in [0, 0.05) is 26.6 Å². The van der Waals surface area contributed by atoms with Gasteiger partial charge in [-0.15, -0.1) is 0 Å². The molecule has 1 rings (SSSR count). The molecule has 0 aliphatic rings. The summed E-state index contributed by atoms with van der Waals surface area (Å²) >= 11 is 0. The SMILES string of the molecule is COCCNC(=O)CCNCCc1ccc(OC)cc1. The van der Waals surface area contributed by atoms with Crippen LogP contribution in [0.25, 0.3) is 0 Å². The third-order valence-corrected chi connectivity index (χ3v) is 2.91. The number of carbonyl (C=O) groups is 1. The summed E-state index contributed by atoms with van der Waals surface area (Å²) < 4.78 is 9.97. The molecule has 0 atom stereocenters. The van der Waals surface area contributed by atoms with Crippen LogP contribution in [0.4, 0.5) is 0 Å². The Morgan fingerprint density at radius 3 is 2.50 bits per heavy atom. The highest BCUT2D eigenvalue weighted by molar-refractivity contribution is 5.75. The van der Waals surface area contributed by atoms with E-state index in [1.165, 1.54) is 5.56 Å². The summed E-state index contributed by atoms with van der Waals surface area (Å²) in [5.74, 6) is 0.924. The Balaban J connectivity index is 2.05. The highest BCUT2D eigenvalue weighted by Gasteiger charge is 2.00. The van der Waals surface area contributed by atoms with Crippen molar-refractivity contribution < 1.29 is 14.3 Å². The fourth-order valence-electron chi connectivity index (χ4n) is 1.73. The molecule has 0 aliphatic carbocycles. The summed E-state index contributed by atoms with van der Waals surface area (Å²) in [4.78, 5) is 11.4. The number of hydrogen-bond donors (Lipinski definition) is 2. The first-order valence-corrected chi connectivity index (χ1v) is 6.85. The second kappa shape index (κ2) is 10.2. The highest BCUT2D eigenvalue weighted by Crippen LogP contribution is 2.11. The average molecular weight is 280 g/mol. The number of rotatable bonds is 10. The van der Waals surface area contributed by atoms with Gasteiger partial charge >= 0.3 is 0 Å². The molecule has 0 spiro atoms. The lowest BCUT2D eigenvalue weighted by Crippen LogP contribution is -2.30. The number of carbonyl (C=O) groups excluding carboxylic acids is 1. The third-order valence-electron chi connectivity index (χ3n) is 2.91. The third kappa shape index (κ3) is 7.11. The van der Waals surface area contributed by atoms with Crippen LogP contribution in [-0.2, 0) is 16.0 Å². The standard InChI is InChI=1S/C15H24N2O3/c1-19-12-11-17-15(18)8-10-16-9-7-13-3-5-14(20-2)6-4-13/h3-6,16H,7-12H2,1-2H3,(H,17,18). The van der Waals surface area contributed by atoms with Crippen molar-refractivity contribution in [2.45, 2.75) is 12.8 Å². The Labute approximate surface area is 120 Å². The number of ether oxygens (including phenoxy) is 2. The largest absolute Gasteiger partial charge is 0.497 e. The summed E-state index contributed by atoms with van der Waals surface area (Å²) in [6.45, 7) is 2.67. The summed E-state index contributed by atoms with van der Waals surface area (Å²) in [5, 5.41) is 6.05. The van der Waals surface area contributed by atoms with Crippen LogP contribution in [0, 0.1) is 0 Å². The number of nitrogens with one attached hydrogen (secondary N) is 2. The van der Waals surface area contributed by atoms with E-state index in [1.54, 1.807) is 14.2 Å². The predicted octanol–water partition coefficient (Wildman–Crippen LogP) is 0.980. The quantitative estimate of drug-likeness (QED) is 0.627. The normalized spacial score (nSPS) is 10.3. The van der Waals surface area contributed by atoms with Crippen LogP contribution < -0.4 is 15.4 Å². The maximum Gasteiger partial charge on any atom is 0.221 e. The van der Waals surface area contributed by atoms with Crippen molar-refractivity contribution >= 4 is 5.91 Å². The molecule has 20 heavy (non-hydrogen) atoms. The molecule has 0 fully saturated rings. The first kappa shape index (κ1) is 16.5. The van der Waals surface area contributed by atoms with Crippen molar-refractivity contribution in [2.24, 2.45) is 0 Å². The smallest absolute Gasteiger partial charge is 0.221 e. The minimum absolute atomic E-state index is 0.0546. The molecule has 1 amide bonds. The first-order valence-electron chi connectivity index (χ1n) is 6.85. The maximum atomic E-state index is 11.4. The molecular weight excluding hydrogens is 256 g/mol. The van der Waals surface area contributed by atoms with Gasteiger partial charge in [-0.3, -0.25) is 4.79 Å². The second-order valence-corrected chi connectivity index (χ2v) is 4.44. The van der Waals surface area contributed by atoms with Crippen molar-refractivity contribution in [3.05, 3.63) is 29.8 Å². The minimum Gasteiger partial charge on any atom is -0.497 e. The van der Waals surface area contributed by atoms with Gasteiger partial charge in [0.25, 0.3) is 0 Å². The number of hydrogen-bond acceptors (Lipinski definition) is 4. The van der Waals surface area contributed by atoms with Crippen LogP contribution in [0.5, 0.6) is 5.75 Å². The van der Waals surface area contributed by atoms with Gasteiger partial charge < -0.3 is 20.1 Å². The molecule has 1 aromatic carbocycles. The molecule has 0 saturated heterocycles. The molecular formula is C15H24N2O3. The van der Waals surface area contributed by atoms with Crippen molar-refractivity contribution in [3.63, 3.8) is 0 Å². The van der Waals surface area contributed by atoms with Crippen molar-refractivity contribution in [1.29, 1.82) is 0 Å². The van der Waals surface area contributed by atoms with E-state index in [4.69, 9.17) is 9.47 Å². The Morgan fingerprint density at radius 2 is 1.85 bits per heavy atom. The topological polar surface area (TPSA) is 59.6 Å². The zero-order valence-corrected chi connectivity index (χ0v) is 12.3. The molecule has 0 heterocycles. The number of amides is 1. The first-order chi connectivity index (χ1) is 9.76. The van der Waals surface area contributed by atoms with Gasteiger partial charge in [-0.2, -0.15) is 0 Å². The molecule has 5 heteroatoms. The zero-order chi connectivity index (χ0) is 14.6. The maximum absolute atomic E-state index is 11.4. The Hall–Kier alpha value is -1.59. The van der Waals surface area contributed by atoms with Gasteiger partial charge in [0.2, 0.25) is 5.91 Å². The van der Waals surface area contributed by atoms with Crippen LogP contribution in [0.3, 0.4) is 0 Å². The summed E-state index contributed by atoms with van der Waals surface area (Å²) in [7, 11) is 3.28. The van der Waals surface area contributed by atoms with Crippen LogP contribution in [0.1, 0.15) is 12.0 Å². The zero-order valence-electron chi connectivity index (χ0n) is 12.3. The lowest BCUT2D eigenvalue weighted by atomic mass is 10.1. The van der Waals surface area contributed by atoms with E-state index in [-0.39, 0.29) is 5.91 Å². The van der Waals surface area contributed by atoms with Crippen LogP contribution in [0.2, 0.25) is 0 Å². The lowest BCUT2D eigenvalue weighted by molar-refractivity contribution is -0.121. The van der Waals surface area contributed by atoms with E-state index in [0.717, 1.165) is 18.7 Å². The molecule has 0 bridgehead atoms.